The standard InChI is InChI=1S/C20H25N5O6/c1-22(18(26)12-9-13(29-4)16(31-6)14(10-12)30-5)7-8-25-11-21-17-15(25)19(27)24(3)20(28)23(17)2/h9-11H,7-8H2,1-6H3. The lowest BCUT2D eigenvalue weighted by molar-refractivity contribution is 0.0790. The first-order valence-electron chi connectivity index (χ1n) is 9.41. The summed E-state index contributed by atoms with van der Waals surface area (Å²) in [6.45, 7) is 0.615. The smallest absolute Gasteiger partial charge is 0.332 e. The quantitative estimate of drug-likeness (QED) is 0.527. The van der Waals surface area contributed by atoms with E-state index >= 15 is 0 Å². The molecular weight excluding hydrogens is 406 g/mol. The molecule has 11 heteroatoms. The summed E-state index contributed by atoms with van der Waals surface area (Å²) >= 11 is 0. The van der Waals surface area contributed by atoms with Crippen molar-refractivity contribution in [2.75, 3.05) is 34.9 Å². The van der Waals surface area contributed by atoms with Crippen LogP contribution in [0.25, 0.3) is 11.2 Å². The lowest BCUT2D eigenvalue weighted by Gasteiger charge is -2.19. The fourth-order valence-electron chi connectivity index (χ4n) is 3.35. The van der Waals surface area contributed by atoms with E-state index in [9.17, 15) is 14.4 Å². The van der Waals surface area contributed by atoms with E-state index in [0.717, 1.165) is 4.57 Å². The van der Waals surface area contributed by atoms with E-state index < -0.39 is 11.2 Å². The number of aromatic nitrogens is 4. The summed E-state index contributed by atoms with van der Waals surface area (Å²) in [5.41, 5.74) is 0.0856. The first-order chi connectivity index (χ1) is 14.7. The molecule has 0 N–H and O–H groups in total. The molecule has 0 unspecified atom stereocenters. The molecule has 0 aliphatic rings. The van der Waals surface area contributed by atoms with Crippen LogP contribution in [-0.2, 0) is 20.6 Å². The average molecular weight is 431 g/mol. The Kier molecular flexibility index (Phi) is 6.04. The minimum Gasteiger partial charge on any atom is -0.493 e. The van der Waals surface area contributed by atoms with Crippen molar-refractivity contribution >= 4 is 17.1 Å². The van der Waals surface area contributed by atoms with Crippen molar-refractivity contribution in [3.63, 3.8) is 0 Å². The zero-order chi connectivity index (χ0) is 22.9. The molecule has 3 aromatic rings. The number of hydrogen-bond acceptors (Lipinski definition) is 7. The van der Waals surface area contributed by atoms with Crippen molar-refractivity contribution in [2.45, 2.75) is 6.54 Å². The average Bonchev–Trinajstić information content (AvgIpc) is 3.22. The van der Waals surface area contributed by atoms with E-state index in [2.05, 4.69) is 4.98 Å². The number of carbonyl (C=O) groups excluding carboxylic acids is 1. The minimum atomic E-state index is -0.447. The second kappa shape index (κ2) is 8.54. The molecule has 2 heterocycles. The van der Waals surface area contributed by atoms with Gasteiger partial charge < -0.3 is 23.7 Å². The van der Waals surface area contributed by atoms with Crippen molar-refractivity contribution in [2.24, 2.45) is 14.1 Å². The molecule has 0 saturated carbocycles. The maximum absolute atomic E-state index is 13.0. The zero-order valence-corrected chi connectivity index (χ0v) is 18.3. The van der Waals surface area contributed by atoms with Gasteiger partial charge in [-0.15, -0.1) is 0 Å². The summed E-state index contributed by atoms with van der Waals surface area (Å²) in [6.07, 6.45) is 1.49. The number of amides is 1. The molecule has 3 rings (SSSR count). The van der Waals surface area contributed by atoms with Gasteiger partial charge in [-0.3, -0.25) is 18.7 Å². The van der Waals surface area contributed by atoms with E-state index in [-0.39, 0.29) is 5.91 Å². The van der Waals surface area contributed by atoms with Gasteiger partial charge in [0.05, 0.1) is 27.7 Å². The van der Waals surface area contributed by atoms with Gasteiger partial charge >= 0.3 is 5.69 Å². The molecule has 166 valence electrons. The molecule has 0 fully saturated rings. The van der Waals surface area contributed by atoms with E-state index in [1.165, 1.54) is 44.2 Å². The molecule has 0 aliphatic carbocycles. The van der Waals surface area contributed by atoms with Crippen LogP contribution >= 0.6 is 0 Å². The Labute approximate surface area is 178 Å². The topological polar surface area (TPSA) is 110 Å². The summed E-state index contributed by atoms with van der Waals surface area (Å²) in [5, 5.41) is 0. The number of nitrogens with zero attached hydrogens (tertiary/aromatic N) is 5. The lowest BCUT2D eigenvalue weighted by atomic mass is 10.1. The summed E-state index contributed by atoms with van der Waals surface area (Å²) in [7, 11) is 9.07. The van der Waals surface area contributed by atoms with Gasteiger partial charge in [-0.2, -0.15) is 0 Å². The molecule has 1 amide bonds. The number of hydrogen-bond donors (Lipinski definition) is 0. The van der Waals surface area contributed by atoms with Crippen LogP contribution in [0.4, 0.5) is 0 Å². The Bertz CT molecular complexity index is 1230. The normalized spacial score (nSPS) is 10.9. The van der Waals surface area contributed by atoms with Gasteiger partial charge in [-0.25, -0.2) is 9.78 Å². The van der Waals surface area contributed by atoms with Crippen LogP contribution in [0.5, 0.6) is 17.2 Å². The Morgan fingerprint density at radius 1 is 1.03 bits per heavy atom. The summed E-state index contributed by atoms with van der Waals surface area (Å²) in [6, 6.07) is 3.16. The maximum atomic E-state index is 13.0. The van der Waals surface area contributed by atoms with Crippen LogP contribution in [0, 0.1) is 0 Å². The minimum absolute atomic E-state index is 0.260. The third kappa shape index (κ3) is 3.74. The van der Waals surface area contributed by atoms with Gasteiger partial charge in [-0.05, 0) is 12.1 Å². The molecule has 0 bridgehead atoms. The van der Waals surface area contributed by atoms with Crippen LogP contribution in [0.3, 0.4) is 0 Å². The molecule has 2 aromatic heterocycles. The van der Waals surface area contributed by atoms with Crippen molar-refractivity contribution < 1.29 is 19.0 Å². The summed E-state index contributed by atoms with van der Waals surface area (Å²) < 4.78 is 19.9. The molecule has 1 aromatic carbocycles. The number of likely N-dealkylation sites (N-methyl/N-ethyl adjacent to an activating group) is 1. The Morgan fingerprint density at radius 2 is 1.65 bits per heavy atom. The molecule has 0 atom stereocenters. The number of aryl methyl sites for hydroxylation is 1. The van der Waals surface area contributed by atoms with Crippen molar-refractivity contribution in [1.82, 2.24) is 23.6 Å². The number of imidazole rings is 1. The van der Waals surface area contributed by atoms with Crippen LogP contribution < -0.4 is 25.5 Å². The third-order valence-corrected chi connectivity index (χ3v) is 5.15. The van der Waals surface area contributed by atoms with E-state index in [1.54, 1.807) is 30.8 Å². The molecule has 0 radical (unpaired) electrons. The molecule has 31 heavy (non-hydrogen) atoms. The van der Waals surface area contributed by atoms with E-state index in [0.29, 0.717) is 47.1 Å². The number of rotatable bonds is 7. The molecule has 0 saturated heterocycles. The second-order valence-electron chi connectivity index (χ2n) is 6.96. The highest BCUT2D eigenvalue weighted by Gasteiger charge is 2.20. The monoisotopic (exact) mass is 431 g/mol. The highest BCUT2D eigenvalue weighted by molar-refractivity contribution is 5.95. The van der Waals surface area contributed by atoms with Crippen molar-refractivity contribution in [1.29, 1.82) is 0 Å². The van der Waals surface area contributed by atoms with Gasteiger partial charge in [0.15, 0.2) is 22.7 Å². The largest absolute Gasteiger partial charge is 0.493 e. The molecule has 11 nitrogen and oxygen atoms in total. The lowest BCUT2D eigenvalue weighted by Crippen LogP contribution is -2.38. The Balaban J connectivity index is 1.87. The maximum Gasteiger partial charge on any atom is 0.332 e. The fraction of sp³-hybridized carbons (Fsp3) is 0.400. The highest BCUT2D eigenvalue weighted by atomic mass is 16.5. The van der Waals surface area contributed by atoms with Crippen LogP contribution in [-0.4, -0.2) is 64.4 Å². The van der Waals surface area contributed by atoms with Gasteiger partial charge in [0.1, 0.15) is 0 Å². The Hall–Kier alpha value is -3.76. The summed E-state index contributed by atoms with van der Waals surface area (Å²) in [4.78, 5) is 43.3. The first kappa shape index (κ1) is 21.9. The van der Waals surface area contributed by atoms with Gasteiger partial charge in [0, 0.05) is 39.8 Å². The molecular formula is C20H25N5O6. The highest BCUT2D eigenvalue weighted by Crippen LogP contribution is 2.38. The number of ether oxygens (including phenoxy) is 3. The second-order valence-corrected chi connectivity index (χ2v) is 6.96. The van der Waals surface area contributed by atoms with Gasteiger partial charge in [0.2, 0.25) is 5.75 Å². The van der Waals surface area contributed by atoms with Crippen molar-refractivity contribution in [3.05, 3.63) is 44.9 Å². The molecule has 0 aliphatic heterocycles. The predicted octanol–water partition coefficient (Wildman–Crippen LogP) is 0.232. The number of fused-ring (bicyclic) bond motifs is 1. The number of methoxy groups -OCH3 is 3. The van der Waals surface area contributed by atoms with Crippen LogP contribution in [0.15, 0.2) is 28.0 Å². The summed E-state index contributed by atoms with van der Waals surface area (Å²) in [5.74, 6) is 0.895. The SMILES string of the molecule is COc1cc(C(=O)N(C)CCn2cnc3c2c(=O)n(C)c(=O)n3C)cc(OC)c1OC. The Morgan fingerprint density at radius 3 is 2.19 bits per heavy atom. The van der Waals surface area contributed by atoms with E-state index in [1.807, 2.05) is 0 Å². The number of carbonyl (C=O) groups is 1. The molecule has 0 spiro atoms. The van der Waals surface area contributed by atoms with E-state index in [4.69, 9.17) is 14.2 Å². The number of benzene rings is 1. The predicted molar refractivity (Wildman–Crippen MR) is 113 cm³/mol. The van der Waals surface area contributed by atoms with Gasteiger partial charge in [-0.1, -0.05) is 0 Å². The van der Waals surface area contributed by atoms with Crippen LogP contribution in [0.1, 0.15) is 10.4 Å². The van der Waals surface area contributed by atoms with Crippen molar-refractivity contribution in [3.8, 4) is 17.2 Å². The first-order valence-corrected chi connectivity index (χ1v) is 9.41. The fourth-order valence-corrected chi connectivity index (χ4v) is 3.35. The van der Waals surface area contributed by atoms with Crippen LogP contribution in [0.2, 0.25) is 0 Å². The van der Waals surface area contributed by atoms with Gasteiger partial charge in [0.25, 0.3) is 11.5 Å². The zero-order valence-electron chi connectivity index (χ0n) is 18.3. The third-order valence-electron chi connectivity index (χ3n) is 5.15.